The summed E-state index contributed by atoms with van der Waals surface area (Å²) in [5, 5.41) is 22.1. The van der Waals surface area contributed by atoms with Crippen molar-refractivity contribution in [3.05, 3.63) is 56.6 Å². The van der Waals surface area contributed by atoms with Crippen molar-refractivity contribution >= 4 is 22.1 Å². The van der Waals surface area contributed by atoms with Gasteiger partial charge in [0.05, 0.1) is 21.3 Å². The third-order valence-corrected chi connectivity index (χ3v) is 2.15. The summed E-state index contributed by atoms with van der Waals surface area (Å²) in [6.45, 7) is 0. The molecule has 0 spiro atoms. The number of nitro benzene ring substituents is 2. The predicted octanol–water partition coefficient (Wildman–Crippen LogP) is 2.46. The van der Waals surface area contributed by atoms with Gasteiger partial charge in [-0.15, -0.1) is 0 Å². The molecule has 2 aromatic carbocycles. The van der Waals surface area contributed by atoms with Gasteiger partial charge in [-0.3, -0.25) is 20.2 Å². The van der Waals surface area contributed by atoms with E-state index in [4.69, 9.17) is 0 Å². The zero-order chi connectivity index (χ0) is 11.7. The van der Waals surface area contributed by atoms with Crippen molar-refractivity contribution in [2.75, 3.05) is 0 Å². The van der Waals surface area contributed by atoms with Gasteiger partial charge in [-0.05, 0) is 12.1 Å². The molecule has 6 nitrogen and oxygen atoms in total. The minimum absolute atomic E-state index is 0.277. The summed E-state index contributed by atoms with van der Waals surface area (Å²) in [5.41, 5.74) is -0.581. The summed E-state index contributed by atoms with van der Waals surface area (Å²) < 4.78 is 0. The Morgan fingerprint density at radius 1 is 1.12 bits per heavy atom. The Balaban J connectivity index is 2.84. The van der Waals surface area contributed by atoms with Crippen LogP contribution in [0, 0.1) is 26.3 Å². The maximum Gasteiger partial charge on any atom is 0.284 e. The average molecular weight is 217 g/mol. The highest BCUT2D eigenvalue weighted by Crippen LogP contribution is 2.30. The first-order chi connectivity index (χ1) is 7.59. The lowest BCUT2D eigenvalue weighted by Gasteiger charge is -1.99. The van der Waals surface area contributed by atoms with Crippen LogP contribution >= 0.6 is 0 Å². The summed E-state index contributed by atoms with van der Waals surface area (Å²) in [6.07, 6.45) is 0. The van der Waals surface area contributed by atoms with E-state index in [0.29, 0.717) is 10.8 Å². The molecule has 79 valence electrons. The van der Waals surface area contributed by atoms with Crippen molar-refractivity contribution in [1.29, 1.82) is 0 Å². The number of nitrogens with zero attached hydrogens (tertiary/aromatic N) is 2. The Bertz CT molecular complexity index is 594. The molecule has 0 aliphatic carbocycles. The minimum atomic E-state index is -0.659. The molecule has 0 aliphatic rings. The molecule has 0 unspecified atom stereocenters. The van der Waals surface area contributed by atoms with Gasteiger partial charge < -0.3 is 0 Å². The van der Waals surface area contributed by atoms with Gasteiger partial charge in [0.2, 0.25) is 0 Å². The van der Waals surface area contributed by atoms with E-state index in [1.54, 1.807) is 12.1 Å². The van der Waals surface area contributed by atoms with E-state index in [1.165, 1.54) is 12.1 Å². The van der Waals surface area contributed by atoms with E-state index in [-0.39, 0.29) is 11.4 Å². The number of hydrogen-bond acceptors (Lipinski definition) is 4. The molecule has 0 aliphatic heterocycles. The number of hydrogen-bond donors (Lipinski definition) is 0. The van der Waals surface area contributed by atoms with E-state index >= 15 is 0 Å². The van der Waals surface area contributed by atoms with E-state index < -0.39 is 9.85 Å². The topological polar surface area (TPSA) is 86.3 Å². The van der Waals surface area contributed by atoms with Gasteiger partial charge in [-0.25, -0.2) is 0 Å². The van der Waals surface area contributed by atoms with Crippen LogP contribution < -0.4 is 0 Å². The number of non-ortho nitro benzene ring substituents is 2. The van der Waals surface area contributed by atoms with Crippen molar-refractivity contribution in [3.63, 3.8) is 0 Å². The maximum atomic E-state index is 10.8. The molecule has 0 amide bonds. The van der Waals surface area contributed by atoms with Gasteiger partial charge in [-0.1, -0.05) is 12.1 Å². The van der Waals surface area contributed by atoms with Crippen molar-refractivity contribution in [2.24, 2.45) is 0 Å². The highest BCUT2D eigenvalue weighted by atomic mass is 16.6. The summed E-state index contributed by atoms with van der Waals surface area (Å²) in [7, 11) is 0. The molecule has 0 bridgehead atoms. The molecular formula is C10H5N2O4. The van der Waals surface area contributed by atoms with Gasteiger partial charge in [0, 0.05) is 11.5 Å². The molecule has 0 heterocycles. The fourth-order valence-corrected chi connectivity index (χ4v) is 1.46. The number of benzene rings is 2. The van der Waals surface area contributed by atoms with Crippen LogP contribution in [0.25, 0.3) is 10.8 Å². The molecule has 1 radical (unpaired) electrons. The minimum Gasteiger partial charge on any atom is -0.258 e. The molecule has 0 atom stereocenters. The van der Waals surface area contributed by atoms with E-state index in [0.717, 1.165) is 6.07 Å². The zero-order valence-corrected chi connectivity index (χ0v) is 7.91. The van der Waals surface area contributed by atoms with Crippen LogP contribution in [0.3, 0.4) is 0 Å². The van der Waals surface area contributed by atoms with Crippen LogP contribution in [0.4, 0.5) is 11.4 Å². The highest BCUT2D eigenvalue weighted by Gasteiger charge is 2.18. The smallest absolute Gasteiger partial charge is 0.258 e. The number of fused-ring (bicyclic) bond motifs is 1. The summed E-state index contributed by atoms with van der Waals surface area (Å²) in [4.78, 5) is 20.1. The quantitative estimate of drug-likeness (QED) is 0.571. The van der Waals surface area contributed by atoms with Crippen molar-refractivity contribution in [3.8, 4) is 0 Å². The fourth-order valence-electron chi connectivity index (χ4n) is 1.46. The van der Waals surface area contributed by atoms with E-state index in [2.05, 4.69) is 6.07 Å². The SMILES string of the molecule is O=[N+]([O-])c1cc([N+](=O)[O-])c2ccc[c]c2c1. The Labute approximate surface area is 89.4 Å². The first kappa shape index (κ1) is 10.0. The molecule has 0 aromatic heterocycles. The monoisotopic (exact) mass is 217 g/mol. The number of rotatable bonds is 2. The highest BCUT2D eigenvalue weighted by molar-refractivity contribution is 5.92. The molecule has 0 fully saturated rings. The van der Waals surface area contributed by atoms with Crippen molar-refractivity contribution < 1.29 is 9.85 Å². The Morgan fingerprint density at radius 2 is 1.88 bits per heavy atom. The molecular weight excluding hydrogens is 212 g/mol. The third kappa shape index (κ3) is 1.56. The molecule has 0 saturated heterocycles. The van der Waals surface area contributed by atoms with Gasteiger partial charge >= 0.3 is 0 Å². The Morgan fingerprint density at radius 3 is 2.50 bits per heavy atom. The summed E-state index contributed by atoms with van der Waals surface area (Å²) in [6, 6.07) is 9.64. The van der Waals surface area contributed by atoms with Crippen LogP contribution in [0.1, 0.15) is 0 Å². The third-order valence-electron chi connectivity index (χ3n) is 2.15. The first-order valence-electron chi connectivity index (χ1n) is 4.33. The second-order valence-corrected chi connectivity index (χ2v) is 3.11. The Kier molecular flexibility index (Phi) is 2.24. The number of nitro groups is 2. The largest absolute Gasteiger partial charge is 0.284 e. The van der Waals surface area contributed by atoms with E-state index in [1.807, 2.05) is 0 Å². The summed E-state index contributed by atoms with van der Waals surface area (Å²) >= 11 is 0. The average Bonchev–Trinajstić information content (AvgIpc) is 2.27. The molecule has 0 saturated carbocycles. The predicted molar refractivity (Wildman–Crippen MR) is 56.1 cm³/mol. The Hall–Kier alpha value is -2.50. The molecule has 6 heteroatoms. The van der Waals surface area contributed by atoms with Crippen LogP contribution in [-0.4, -0.2) is 9.85 Å². The molecule has 16 heavy (non-hydrogen) atoms. The molecule has 0 N–H and O–H groups in total. The zero-order valence-electron chi connectivity index (χ0n) is 7.91. The van der Waals surface area contributed by atoms with Crippen LogP contribution in [0.2, 0.25) is 0 Å². The van der Waals surface area contributed by atoms with Crippen LogP contribution in [0.15, 0.2) is 30.3 Å². The lowest BCUT2D eigenvalue weighted by molar-refractivity contribution is -0.393. The molecule has 2 aromatic rings. The first-order valence-corrected chi connectivity index (χ1v) is 4.33. The maximum absolute atomic E-state index is 10.8. The second-order valence-electron chi connectivity index (χ2n) is 3.11. The van der Waals surface area contributed by atoms with Gasteiger partial charge in [0.1, 0.15) is 0 Å². The second kappa shape index (κ2) is 3.58. The fraction of sp³-hybridized carbons (Fsp3) is 0. The summed E-state index contributed by atoms with van der Waals surface area (Å²) in [5.74, 6) is 0. The van der Waals surface area contributed by atoms with Crippen LogP contribution in [-0.2, 0) is 0 Å². The normalized spacial score (nSPS) is 10.2. The van der Waals surface area contributed by atoms with Crippen molar-refractivity contribution in [1.82, 2.24) is 0 Å². The van der Waals surface area contributed by atoms with Crippen LogP contribution in [0.5, 0.6) is 0 Å². The van der Waals surface area contributed by atoms with Gasteiger partial charge in [-0.2, -0.15) is 0 Å². The lowest BCUT2D eigenvalue weighted by Crippen LogP contribution is -1.93. The van der Waals surface area contributed by atoms with Gasteiger partial charge in [0.25, 0.3) is 11.4 Å². The van der Waals surface area contributed by atoms with Crippen molar-refractivity contribution in [2.45, 2.75) is 0 Å². The molecule has 2 rings (SSSR count). The van der Waals surface area contributed by atoms with E-state index in [9.17, 15) is 20.2 Å². The standard InChI is InChI=1S/C10H5N2O4/c13-11(14)8-5-7-3-1-2-4-9(7)10(6-8)12(15)16/h1-2,4-6H. The van der Waals surface area contributed by atoms with Gasteiger partial charge in [0.15, 0.2) is 0 Å². The lowest BCUT2D eigenvalue weighted by atomic mass is 10.1.